The third-order valence-corrected chi connectivity index (χ3v) is 2.75. The maximum atomic E-state index is 13.1. The summed E-state index contributed by atoms with van der Waals surface area (Å²) in [6, 6.07) is 8.68. The third-order valence-electron chi connectivity index (χ3n) is 2.75. The summed E-state index contributed by atoms with van der Waals surface area (Å²) >= 11 is 0. The Labute approximate surface area is 119 Å². The number of nitrogens with one attached hydrogen (secondary N) is 2. The zero-order valence-electron chi connectivity index (χ0n) is 11.2. The monoisotopic (exact) mass is 294 g/mol. The Balaban J connectivity index is 2.01. The van der Waals surface area contributed by atoms with Crippen molar-refractivity contribution in [2.45, 2.75) is 13.5 Å². The fraction of sp³-hybridized carbons (Fsp3) is 0.133. The maximum Gasteiger partial charge on any atom is 0.221 e. The third kappa shape index (κ3) is 3.98. The van der Waals surface area contributed by atoms with Crippen LogP contribution < -0.4 is 10.6 Å². The minimum absolute atomic E-state index is 0.146. The van der Waals surface area contributed by atoms with Crippen LogP contribution in [0.2, 0.25) is 0 Å². The molecule has 2 aromatic rings. The maximum absolute atomic E-state index is 13.1. The van der Waals surface area contributed by atoms with Gasteiger partial charge < -0.3 is 10.6 Å². The fourth-order valence-corrected chi connectivity index (χ4v) is 1.79. The molecular formula is C15H13F3N2O. The van der Waals surface area contributed by atoms with Gasteiger partial charge in [-0.25, -0.2) is 13.2 Å². The van der Waals surface area contributed by atoms with Gasteiger partial charge in [0.25, 0.3) is 0 Å². The van der Waals surface area contributed by atoms with Gasteiger partial charge in [-0.2, -0.15) is 0 Å². The smallest absolute Gasteiger partial charge is 0.221 e. The lowest BCUT2D eigenvalue weighted by atomic mass is 10.2. The van der Waals surface area contributed by atoms with E-state index in [0.717, 1.165) is 12.1 Å². The average molecular weight is 294 g/mol. The molecule has 0 radical (unpaired) electrons. The molecule has 2 aromatic carbocycles. The van der Waals surface area contributed by atoms with Gasteiger partial charge in [0, 0.05) is 24.8 Å². The minimum Gasteiger partial charge on any atom is -0.381 e. The number of hydrogen-bond acceptors (Lipinski definition) is 2. The number of halogens is 3. The highest BCUT2D eigenvalue weighted by Crippen LogP contribution is 2.17. The minimum atomic E-state index is -1.47. The first-order chi connectivity index (χ1) is 9.95. The van der Waals surface area contributed by atoms with E-state index in [0.29, 0.717) is 11.4 Å². The summed E-state index contributed by atoms with van der Waals surface area (Å²) in [7, 11) is 0. The topological polar surface area (TPSA) is 41.1 Å². The van der Waals surface area contributed by atoms with Crippen LogP contribution in [0, 0.1) is 17.5 Å². The molecule has 2 rings (SSSR count). The molecular weight excluding hydrogens is 281 g/mol. The van der Waals surface area contributed by atoms with Gasteiger partial charge >= 0.3 is 0 Å². The van der Waals surface area contributed by atoms with E-state index in [-0.39, 0.29) is 18.0 Å². The predicted octanol–water partition coefficient (Wildman–Crippen LogP) is 3.67. The first kappa shape index (κ1) is 14.9. The van der Waals surface area contributed by atoms with Crippen molar-refractivity contribution in [2.75, 3.05) is 10.6 Å². The standard InChI is InChI=1S/C15H13F3N2O/c1-9(21)20-12-4-2-11(3-5-12)19-8-10-6-13(16)15(18)14(17)7-10/h2-7,19H,8H2,1H3,(H,20,21). The van der Waals surface area contributed by atoms with Crippen LogP contribution in [0.25, 0.3) is 0 Å². The van der Waals surface area contributed by atoms with Gasteiger partial charge in [0.1, 0.15) is 0 Å². The number of anilines is 2. The van der Waals surface area contributed by atoms with Gasteiger partial charge in [-0.05, 0) is 42.0 Å². The Morgan fingerprint density at radius 1 is 1.00 bits per heavy atom. The SMILES string of the molecule is CC(=O)Nc1ccc(NCc2cc(F)c(F)c(F)c2)cc1. The molecule has 1 amide bonds. The molecule has 0 aliphatic carbocycles. The van der Waals surface area contributed by atoms with E-state index < -0.39 is 17.5 Å². The molecule has 0 aliphatic heterocycles. The van der Waals surface area contributed by atoms with E-state index in [1.165, 1.54) is 6.92 Å². The summed E-state index contributed by atoms with van der Waals surface area (Å²) in [5.74, 6) is -4.08. The van der Waals surface area contributed by atoms with Crippen LogP contribution in [0.5, 0.6) is 0 Å². The molecule has 0 spiro atoms. The predicted molar refractivity (Wildman–Crippen MR) is 74.4 cm³/mol. The van der Waals surface area contributed by atoms with Gasteiger partial charge in [0.05, 0.1) is 0 Å². The Morgan fingerprint density at radius 2 is 1.52 bits per heavy atom. The number of carbonyl (C=O) groups is 1. The van der Waals surface area contributed by atoms with E-state index in [9.17, 15) is 18.0 Å². The first-order valence-electron chi connectivity index (χ1n) is 6.20. The largest absolute Gasteiger partial charge is 0.381 e. The van der Waals surface area contributed by atoms with E-state index >= 15 is 0 Å². The Bertz CT molecular complexity index is 633. The van der Waals surface area contributed by atoms with Crippen molar-refractivity contribution >= 4 is 17.3 Å². The summed E-state index contributed by atoms with van der Waals surface area (Å²) < 4.78 is 38.9. The zero-order chi connectivity index (χ0) is 15.4. The highest BCUT2D eigenvalue weighted by molar-refractivity contribution is 5.88. The van der Waals surface area contributed by atoms with Crippen molar-refractivity contribution in [3.63, 3.8) is 0 Å². The van der Waals surface area contributed by atoms with Crippen LogP contribution in [-0.2, 0) is 11.3 Å². The molecule has 0 bridgehead atoms. The van der Waals surface area contributed by atoms with Crippen molar-refractivity contribution in [2.24, 2.45) is 0 Å². The van der Waals surface area contributed by atoms with Gasteiger partial charge in [-0.15, -0.1) is 0 Å². The van der Waals surface area contributed by atoms with Crippen LogP contribution in [-0.4, -0.2) is 5.91 Å². The molecule has 0 saturated heterocycles. The second kappa shape index (κ2) is 6.30. The van der Waals surface area contributed by atoms with Crippen LogP contribution in [0.15, 0.2) is 36.4 Å². The molecule has 0 fully saturated rings. The molecule has 2 N–H and O–H groups in total. The van der Waals surface area contributed by atoms with Crippen LogP contribution >= 0.6 is 0 Å². The quantitative estimate of drug-likeness (QED) is 0.845. The zero-order valence-corrected chi connectivity index (χ0v) is 11.2. The van der Waals surface area contributed by atoms with Gasteiger partial charge in [0.2, 0.25) is 5.91 Å². The molecule has 0 unspecified atom stereocenters. The Hall–Kier alpha value is -2.50. The van der Waals surface area contributed by atoms with Gasteiger partial charge in [-0.3, -0.25) is 4.79 Å². The first-order valence-corrected chi connectivity index (χ1v) is 6.20. The average Bonchev–Trinajstić information content (AvgIpc) is 2.43. The van der Waals surface area contributed by atoms with E-state index in [1.54, 1.807) is 24.3 Å². The Kier molecular flexibility index (Phi) is 4.47. The highest BCUT2D eigenvalue weighted by Gasteiger charge is 2.10. The van der Waals surface area contributed by atoms with E-state index in [1.807, 2.05) is 0 Å². The normalized spacial score (nSPS) is 10.3. The second-order valence-corrected chi connectivity index (χ2v) is 4.49. The second-order valence-electron chi connectivity index (χ2n) is 4.49. The molecule has 0 aliphatic rings. The molecule has 110 valence electrons. The number of rotatable bonds is 4. The van der Waals surface area contributed by atoms with Crippen LogP contribution in [0.4, 0.5) is 24.5 Å². The fourth-order valence-electron chi connectivity index (χ4n) is 1.79. The number of carbonyl (C=O) groups excluding carboxylic acids is 1. The van der Waals surface area contributed by atoms with Crippen LogP contribution in [0.1, 0.15) is 12.5 Å². The summed E-state index contributed by atoms with van der Waals surface area (Å²) in [6.07, 6.45) is 0. The summed E-state index contributed by atoms with van der Waals surface area (Å²) in [4.78, 5) is 10.9. The van der Waals surface area contributed by atoms with Crippen molar-refractivity contribution in [1.29, 1.82) is 0 Å². The van der Waals surface area contributed by atoms with Gasteiger partial charge in [-0.1, -0.05) is 0 Å². The van der Waals surface area contributed by atoms with Crippen molar-refractivity contribution < 1.29 is 18.0 Å². The molecule has 0 heterocycles. The number of benzene rings is 2. The van der Waals surface area contributed by atoms with Crippen molar-refractivity contribution in [3.8, 4) is 0 Å². The lowest BCUT2D eigenvalue weighted by molar-refractivity contribution is -0.114. The molecule has 0 saturated carbocycles. The van der Waals surface area contributed by atoms with Crippen molar-refractivity contribution in [3.05, 3.63) is 59.4 Å². The molecule has 0 aromatic heterocycles. The Morgan fingerprint density at radius 3 is 2.05 bits per heavy atom. The van der Waals surface area contributed by atoms with Crippen LogP contribution in [0.3, 0.4) is 0 Å². The molecule has 21 heavy (non-hydrogen) atoms. The molecule has 6 heteroatoms. The number of hydrogen-bond donors (Lipinski definition) is 2. The highest BCUT2D eigenvalue weighted by atomic mass is 19.2. The summed E-state index contributed by atoms with van der Waals surface area (Å²) in [5.41, 5.74) is 1.64. The van der Waals surface area contributed by atoms with Crippen molar-refractivity contribution in [1.82, 2.24) is 0 Å². The summed E-state index contributed by atoms with van der Waals surface area (Å²) in [5, 5.41) is 5.57. The number of amides is 1. The molecule has 0 atom stereocenters. The lowest BCUT2D eigenvalue weighted by Crippen LogP contribution is -2.06. The van der Waals surface area contributed by atoms with Gasteiger partial charge in [0.15, 0.2) is 17.5 Å². The molecule has 3 nitrogen and oxygen atoms in total. The lowest BCUT2D eigenvalue weighted by Gasteiger charge is -2.08. The van der Waals surface area contributed by atoms with E-state index in [2.05, 4.69) is 10.6 Å². The van der Waals surface area contributed by atoms with E-state index in [4.69, 9.17) is 0 Å². The summed E-state index contributed by atoms with van der Waals surface area (Å²) in [6.45, 7) is 1.55.